The minimum atomic E-state index is 0.134. The molecule has 1 aromatic rings. The van der Waals surface area contributed by atoms with Crippen molar-refractivity contribution in [2.24, 2.45) is 10.8 Å². The first-order valence-corrected chi connectivity index (χ1v) is 5.31. The van der Waals surface area contributed by atoms with Crippen LogP contribution in [-0.2, 0) is 6.42 Å². The van der Waals surface area contributed by atoms with Crippen LogP contribution in [0.2, 0.25) is 5.02 Å². The number of nitrogens with zero attached hydrogens (tertiary/aromatic N) is 1. The van der Waals surface area contributed by atoms with Gasteiger partial charge in [0.1, 0.15) is 5.75 Å². The first-order valence-electron chi connectivity index (χ1n) is 4.53. The van der Waals surface area contributed by atoms with E-state index in [-0.39, 0.29) is 5.11 Å². The van der Waals surface area contributed by atoms with Gasteiger partial charge < -0.3 is 10.5 Å². The van der Waals surface area contributed by atoms with Crippen LogP contribution < -0.4 is 15.9 Å². The number of nitrogens with one attached hydrogen (secondary N) is 1. The summed E-state index contributed by atoms with van der Waals surface area (Å²) in [4.78, 5) is 0. The highest BCUT2D eigenvalue weighted by atomic mass is 35.5. The molecular weight excluding hydrogens is 246 g/mol. The Kier molecular flexibility index (Phi) is 5.01. The van der Waals surface area contributed by atoms with Crippen molar-refractivity contribution in [3.63, 3.8) is 0 Å². The Balaban J connectivity index is 2.68. The zero-order valence-corrected chi connectivity index (χ0v) is 10.3. The standard InChI is InChI=1S/C10H12ClN3OS/c1-15-9-3-2-8(11)6-7(9)4-5-13-14-10(12)16/h2-3,5-6H,4H2,1H3,(H3,12,14,16). The second-order valence-electron chi connectivity index (χ2n) is 2.95. The SMILES string of the molecule is COc1ccc(Cl)cc1CC=NNC(N)=S. The highest BCUT2D eigenvalue weighted by Gasteiger charge is 2.01. The Bertz CT molecular complexity index is 409. The summed E-state index contributed by atoms with van der Waals surface area (Å²) in [6.45, 7) is 0. The second-order valence-corrected chi connectivity index (χ2v) is 3.82. The van der Waals surface area contributed by atoms with Crippen LogP contribution in [0.3, 0.4) is 0 Å². The van der Waals surface area contributed by atoms with Crippen LogP contribution in [0.4, 0.5) is 0 Å². The number of hydrazone groups is 1. The molecule has 3 N–H and O–H groups in total. The number of benzene rings is 1. The Morgan fingerprint density at radius 3 is 3.06 bits per heavy atom. The number of hydrogen-bond donors (Lipinski definition) is 2. The molecule has 0 radical (unpaired) electrons. The molecule has 0 spiro atoms. The van der Waals surface area contributed by atoms with Gasteiger partial charge in [-0.25, -0.2) is 0 Å². The lowest BCUT2D eigenvalue weighted by molar-refractivity contribution is 0.411. The molecule has 16 heavy (non-hydrogen) atoms. The lowest BCUT2D eigenvalue weighted by Gasteiger charge is -2.06. The van der Waals surface area contributed by atoms with Crippen LogP contribution >= 0.6 is 23.8 Å². The highest BCUT2D eigenvalue weighted by molar-refractivity contribution is 7.80. The van der Waals surface area contributed by atoms with Gasteiger partial charge in [0, 0.05) is 23.2 Å². The van der Waals surface area contributed by atoms with Gasteiger partial charge in [0.25, 0.3) is 0 Å². The van der Waals surface area contributed by atoms with Crippen molar-refractivity contribution in [3.05, 3.63) is 28.8 Å². The van der Waals surface area contributed by atoms with Crippen LogP contribution in [0.5, 0.6) is 5.75 Å². The van der Waals surface area contributed by atoms with E-state index in [9.17, 15) is 0 Å². The predicted molar refractivity (Wildman–Crippen MR) is 70.1 cm³/mol. The maximum atomic E-state index is 5.88. The Hall–Kier alpha value is -1.33. The normalized spacial score (nSPS) is 10.4. The number of rotatable bonds is 4. The molecule has 1 rings (SSSR count). The molecule has 0 aliphatic carbocycles. The van der Waals surface area contributed by atoms with E-state index < -0.39 is 0 Å². The van der Waals surface area contributed by atoms with Gasteiger partial charge in [0.2, 0.25) is 0 Å². The number of halogens is 1. The molecule has 0 aromatic heterocycles. The summed E-state index contributed by atoms with van der Waals surface area (Å²) in [7, 11) is 1.61. The zero-order valence-electron chi connectivity index (χ0n) is 8.74. The van der Waals surface area contributed by atoms with E-state index in [0.717, 1.165) is 11.3 Å². The summed E-state index contributed by atoms with van der Waals surface area (Å²) < 4.78 is 5.19. The summed E-state index contributed by atoms with van der Waals surface area (Å²) in [6.07, 6.45) is 2.23. The molecule has 0 amide bonds. The molecule has 0 aliphatic rings. The van der Waals surface area contributed by atoms with E-state index in [4.69, 9.17) is 22.1 Å². The van der Waals surface area contributed by atoms with Crippen molar-refractivity contribution in [3.8, 4) is 5.75 Å². The van der Waals surface area contributed by atoms with E-state index in [0.29, 0.717) is 11.4 Å². The first kappa shape index (κ1) is 12.7. The van der Waals surface area contributed by atoms with Gasteiger partial charge in [-0.2, -0.15) is 5.10 Å². The lowest BCUT2D eigenvalue weighted by Crippen LogP contribution is -2.24. The molecule has 0 heterocycles. The third-order valence-electron chi connectivity index (χ3n) is 1.82. The molecule has 0 fully saturated rings. The molecule has 0 saturated carbocycles. The third-order valence-corrected chi connectivity index (χ3v) is 2.15. The largest absolute Gasteiger partial charge is 0.496 e. The summed E-state index contributed by atoms with van der Waals surface area (Å²) in [6, 6.07) is 5.41. The third kappa shape index (κ3) is 4.04. The van der Waals surface area contributed by atoms with Crippen molar-refractivity contribution in [1.82, 2.24) is 5.43 Å². The second kappa shape index (κ2) is 6.30. The number of methoxy groups -OCH3 is 1. The predicted octanol–water partition coefficient (Wildman–Crippen LogP) is 1.71. The Morgan fingerprint density at radius 1 is 1.69 bits per heavy atom. The summed E-state index contributed by atoms with van der Waals surface area (Å²) >= 11 is 10.5. The smallest absolute Gasteiger partial charge is 0.184 e. The summed E-state index contributed by atoms with van der Waals surface area (Å²) in [5.41, 5.74) is 8.63. The average Bonchev–Trinajstić information content (AvgIpc) is 2.24. The van der Waals surface area contributed by atoms with E-state index >= 15 is 0 Å². The summed E-state index contributed by atoms with van der Waals surface area (Å²) in [5, 5.41) is 4.62. The van der Waals surface area contributed by atoms with Crippen molar-refractivity contribution in [2.45, 2.75) is 6.42 Å². The monoisotopic (exact) mass is 257 g/mol. The molecule has 0 saturated heterocycles. The quantitative estimate of drug-likeness (QED) is 0.490. The van der Waals surface area contributed by atoms with Crippen LogP contribution in [0.15, 0.2) is 23.3 Å². The Labute approximate surface area is 104 Å². The van der Waals surface area contributed by atoms with E-state index in [1.165, 1.54) is 0 Å². The van der Waals surface area contributed by atoms with Crippen molar-refractivity contribution < 1.29 is 4.74 Å². The van der Waals surface area contributed by atoms with Crippen LogP contribution in [-0.4, -0.2) is 18.4 Å². The molecule has 0 bridgehead atoms. The molecule has 6 heteroatoms. The average molecular weight is 258 g/mol. The minimum Gasteiger partial charge on any atom is -0.496 e. The minimum absolute atomic E-state index is 0.134. The lowest BCUT2D eigenvalue weighted by atomic mass is 10.1. The van der Waals surface area contributed by atoms with Gasteiger partial charge in [0.15, 0.2) is 5.11 Å². The maximum absolute atomic E-state index is 5.88. The topological polar surface area (TPSA) is 59.6 Å². The van der Waals surface area contributed by atoms with Gasteiger partial charge in [0.05, 0.1) is 7.11 Å². The van der Waals surface area contributed by atoms with Gasteiger partial charge in [-0.05, 0) is 30.4 Å². The number of nitrogens with two attached hydrogens (primary N) is 1. The fourth-order valence-corrected chi connectivity index (χ4v) is 1.41. The fourth-order valence-electron chi connectivity index (χ4n) is 1.16. The van der Waals surface area contributed by atoms with Crippen molar-refractivity contribution in [2.75, 3.05) is 7.11 Å². The van der Waals surface area contributed by atoms with Gasteiger partial charge >= 0.3 is 0 Å². The number of ether oxygens (including phenoxy) is 1. The molecule has 0 unspecified atom stereocenters. The molecular formula is C10H12ClN3OS. The zero-order chi connectivity index (χ0) is 12.0. The highest BCUT2D eigenvalue weighted by Crippen LogP contribution is 2.22. The van der Waals surface area contributed by atoms with Crippen LogP contribution in [0.1, 0.15) is 5.56 Å². The molecule has 0 aliphatic heterocycles. The Morgan fingerprint density at radius 2 is 2.44 bits per heavy atom. The summed E-state index contributed by atoms with van der Waals surface area (Å²) in [5.74, 6) is 0.770. The van der Waals surface area contributed by atoms with Crippen molar-refractivity contribution >= 4 is 35.1 Å². The molecule has 4 nitrogen and oxygen atoms in total. The van der Waals surface area contributed by atoms with E-state index in [1.807, 2.05) is 12.1 Å². The van der Waals surface area contributed by atoms with Gasteiger partial charge in [-0.3, -0.25) is 5.43 Å². The van der Waals surface area contributed by atoms with Crippen LogP contribution in [0, 0.1) is 0 Å². The fraction of sp³-hybridized carbons (Fsp3) is 0.200. The number of hydrogen-bond acceptors (Lipinski definition) is 3. The first-order chi connectivity index (χ1) is 7.63. The van der Waals surface area contributed by atoms with Crippen LogP contribution in [0.25, 0.3) is 0 Å². The van der Waals surface area contributed by atoms with Crippen molar-refractivity contribution in [1.29, 1.82) is 0 Å². The van der Waals surface area contributed by atoms with Gasteiger partial charge in [-0.1, -0.05) is 11.6 Å². The van der Waals surface area contributed by atoms with E-state index in [2.05, 4.69) is 22.7 Å². The molecule has 0 atom stereocenters. The molecule has 1 aromatic carbocycles. The van der Waals surface area contributed by atoms with Gasteiger partial charge in [-0.15, -0.1) is 0 Å². The van der Waals surface area contributed by atoms with E-state index in [1.54, 1.807) is 19.4 Å². The molecule has 86 valence electrons. The maximum Gasteiger partial charge on any atom is 0.184 e. The number of thiocarbonyl (C=S) groups is 1.